The largest absolute Gasteiger partial charge is 0.490 e. The number of anilines is 1. The highest BCUT2D eigenvalue weighted by Gasteiger charge is 2.14. The molecule has 0 atom stereocenters. The number of nitrogens with zero attached hydrogens (tertiary/aromatic N) is 1. The van der Waals surface area contributed by atoms with Crippen LogP contribution < -0.4 is 20.2 Å². The van der Waals surface area contributed by atoms with Crippen molar-refractivity contribution in [2.24, 2.45) is 5.10 Å². The fourth-order valence-electron chi connectivity index (χ4n) is 3.26. The molecule has 182 valence electrons. The zero-order chi connectivity index (χ0) is 25.4. The summed E-state index contributed by atoms with van der Waals surface area (Å²) < 4.78 is 25.3. The van der Waals surface area contributed by atoms with Crippen LogP contribution in [-0.2, 0) is 16.2 Å². The van der Waals surface area contributed by atoms with Gasteiger partial charge in [0.2, 0.25) is 0 Å². The maximum Gasteiger partial charge on any atom is 0.329 e. The van der Waals surface area contributed by atoms with Crippen LogP contribution in [0, 0.1) is 19.7 Å². The minimum atomic E-state index is -0.910. The minimum absolute atomic E-state index is 0.0787. The zero-order valence-electron chi connectivity index (χ0n) is 19.5. The van der Waals surface area contributed by atoms with Crippen LogP contribution in [0.3, 0.4) is 0 Å². The standard InChI is InChI=1S/C26H25ClFN3O4/c1-4-34-24-13-18(8-9-23(24)35-15-20-21(27)6-5-7-22(20)28)14-29-31-26(33)25(32)30-19-11-16(2)10-17(3)12-19/h5-14H,4,15H2,1-3H3,(H,30,32)(H,31,33). The van der Waals surface area contributed by atoms with Gasteiger partial charge in [-0.05, 0) is 79.9 Å². The van der Waals surface area contributed by atoms with Crippen molar-refractivity contribution in [3.63, 3.8) is 0 Å². The fraction of sp³-hybridized carbons (Fsp3) is 0.192. The summed E-state index contributed by atoms with van der Waals surface area (Å²) in [5, 5.41) is 6.65. The highest BCUT2D eigenvalue weighted by molar-refractivity contribution is 6.39. The number of rotatable bonds is 8. The van der Waals surface area contributed by atoms with Crippen LogP contribution >= 0.6 is 11.6 Å². The topological polar surface area (TPSA) is 89.0 Å². The lowest BCUT2D eigenvalue weighted by Crippen LogP contribution is -2.32. The van der Waals surface area contributed by atoms with Gasteiger partial charge in [-0.2, -0.15) is 5.10 Å². The molecule has 2 N–H and O–H groups in total. The number of amides is 2. The lowest BCUT2D eigenvalue weighted by Gasteiger charge is -2.13. The van der Waals surface area contributed by atoms with E-state index in [4.69, 9.17) is 21.1 Å². The van der Waals surface area contributed by atoms with Crippen molar-refractivity contribution in [3.05, 3.63) is 87.7 Å². The first-order valence-electron chi connectivity index (χ1n) is 10.8. The van der Waals surface area contributed by atoms with Crippen LogP contribution in [0.1, 0.15) is 29.2 Å². The second-order valence-electron chi connectivity index (χ2n) is 7.66. The van der Waals surface area contributed by atoms with Crippen LogP contribution in [0.4, 0.5) is 10.1 Å². The monoisotopic (exact) mass is 497 g/mol. The molecule has 3 rings (SSSR count). The summed E-state index contributed by atoms with van der Waals surface area (Å²) in [4.78, 5) is 24.2. The molecule has 2 amide bonds. The van der Waals surface area contributed by atoms with Gasteiger partial charge in [0, 0.05) is 11.3 Å². The number of carbonyl (C=O) groups excluding carboxylic acids is 2. The first-order valence-corrected chi connectivity index (χ1v) is 11.2. The van der Waals surface area contributed by atoms with Crippen molar-refractivity contribution in [3.8, 4) is 11.5 Å². The highest BCUT2D eigenvalue weighted by Crippen LogP contribution is 2.30. The van der Waals surface area contributed by atoms with E-state index < -0.39 is 17.6 Å². The van der Waals surface area contributed by atoms with Gasteiger partial charge in [-0.3, -0.25) is 9.59 Å². The number of hydrogen-bond donors (Lipinski definition) is 2. The third-order valence-electron chi connectivity index (χ3n) is 4.77. The zero-order valence-corrected chi connectivity index (χ0v) is 20.3. The molecule has 0 spiro atoms. The molecule has 0 unspecified atom stereocenters. The minimum Gasteiger partial charge on any atom is -0.490 e. The molecule has 0 aliphatic rings. The number of benzene rings is 3. The summed E-state index contributed by atoms with van der Waals surface area (Å²) in [6, 6.07) is 14.9. The maximum atomic E-state index is 14.0. The Morgan fingerprint density at radius 2 is 1.74 bits per heavy atom. The van der Waals surface area contributed by atoms with Crippen LogP contribution in [0.2, 0.25) is 5.02 Å². The van der Waals surface area contributed by atoms with Crippen molar-refractivity contribution >= 4 is 35.3 Å². The Balaban J connectivity index is 1.63. The first-order chi connectivity index (χ1) is 16.8. The van der Waals surface area contributed by atoms with E-state index in [9.17, 15) is 14.0 Å². The van der Waals surface area contributed by atoms with E-state index in [1.165, 1.54) is 18.3 Å². The number of ether oxygens (including phenoxy) is 2. The quantitative estimate of drug-likeness (QED) is 0.255. The van der Waals surface area contributed by atoms with Crippen LogP contribution in [0.15, 0.2) is 59.7 Å². The van der Waals surface area contributed by atoms with Gasteiger partial charge < -0.3 is 14.8 Å². The molecule has 0 saturated carbocycles. The van der Waals surface area contributed by atoms with Gasteiger partial charge in [-0.15, -0.1) is 0 Å². The molecule has 0 aliphatic carbocycles. The molecule has 0 aromatic heterocycles. The predicted octanol–water partition coefficient (Wildman–Crippen LogP) is 5.16. The van der Waals surface area contributed by atoms with Gasteiger partial charge in [0.1, 0.15) is 12.4 Å². The Morgan fingerprint density at radius 1 is 1.00 bits per heavy atom. The molecule has 7 nitrogen and oxygen atoms in total. The molecule has 0 saturated heterocycles. The average molecular weight is 498 g/mol. The van der Waals surface area contributed by atoms with Crippen LogP contribution in [-0.4, -0.2) is 24.6 Å². The van der Waals surface area contributed by atoms with Gasteiger partial charge in [-0.25, -0.2) is 9.82 Å². The number of hydrazone groups is 1. The van der Waals surface area contributed by atoms with Crippen LogP contribution in [0.25, 0.3) is 0 Å². The second-order valence-corrected chi connectivity index (χ2v) is 8.06. The number of hydrogen-bond acceptors (Lipinski definition) is 5. The summed E-state index contributed by atoms with van der Waals surface area (Å²) in [7, 11) is 0. The predicted molar refractivity (Wildman–Crippen MR) is 134 cm³/mol. The third kappa shape index (κ3) is 7.28. The van der Waals surface area contributed by atoms with E-state index in [1.54, 1.807) is 36.4 Å². The number of nitrogens with one attached hydrogen (secondary N) is 2. The van der Waals surface area contributed by atoms with Crippen molar-refractivity contribution in [2.45, 2.75) is 27.4 Å². The fourth-order valence-corrected chi connectivity index (χ4v) is 3.48. The van der Waals surface area contributed by atoms with E-state index in [-0.39, 0.29) is 17.2 Å². The summed E-state index contributed by atoms with van der Waals surface area (Å²) >= 11 is 6.05. The van der Waals surface area contributed by atoms with Crippen molar-refractivity contribution in [1.29, 1.82) is 0 Å². The van der Waals surface area contributed by atoms with Crippen LogP contribution in [0.5, 0.6) is 11.5 Å². The Kier molecular flexibility index (Phi) is 8.80. The smallest absolute Gasteiger partial charge is 0.329 e. The second kappa shape index (κ2) is 12.0. The summed E-state index contributed by atoms with van der Waals surface area (Å²) in [5.74, 6) is -1.41. The Morgan fingerprint density at radius 3 is 2.43 bits per heavy atom. The van der Waals surface area contributed by atoms with E-state index in [0.29, 0.717) is 29.4 Å². The molecule has 0 heterocycles. The van der Waals surface area contributed by atoms with E-state index in [0.717, 1.165) is 11.1 Å². The molecular formula is C26H25ClFN3O4. The Labute approximate surface area is 207 Å². The van der Waals surface area contributed by atoms with Gasteiger partial charge in [-0.1, -0.05) is 23.7 Å². The molecule has 3 aromatic rings. The summed E-state index contributed by atoms with van der Waals surface area (Å²) in [5.41, 5.74) is 5.48. The normalized spacial score (nSPS) is 10.8. The molecule has 0 aliphatic heterocycles. The highest BCUT2D eigenvalue weighted by atomic mass is 35.5. The number of halogens is 2. The molecule has 35 heavy (non-hydrogen) atoms. The maximum absolute atomic E-state index is 14.0. The van der Waals surface area contributed by atoms with Crippen molar-refractivity contribution < 1.29 is 23.5 Å². The third-order valence-corrected chi connectivity index (χ3v) is 5.12. The molecule has 0 radical (unpaired) electrons. The number of carbonyl (C=O) groups is 2. The average Bonchev–Trinajstić information content (AvgIpc) is 2.79. The number of aryl methyl sites for hydroxylation is 2. The Bertz CT molecular complexity index is 1220. The van der Waals surface area contributed by atoms with E-state index in [2.05, 4.69) is 15.8 Å². The van der Waals surface area contributed by atoms with Crippen molar-refractivity contribution in [1.82, 2.24) is 5.43 Å². The first kappa shape index (κ1) is 25.7. The molecule has 0 bridgehead atoms. The van der Waals surface area contributed by atoms with Crippen molar-refractivity contribution in [2.75, 3.05) is 11.9 Å². The Hall–Kier alpha value is -3.91. The lowest BCUT2D eigenvalue weighted by atomic mass is 10.1. The van der Waals surface area contributed by atoms with Gasteiger partial charge in [0.05, 0.1) is 17.8 Å². The molecular weight excluding hydrogens is 473 g/mol. The van der Waals surface area contributed by atoms with E-state index >= 15 is 0 Å². The molecule has 3 aromatic carbocycles. The molecule has 0 fully saturated rings. The summed E-state index contributed by atoms with van der Waals surface area (Å²) in [6.45, 7) is 5.90. The SMILES string of the molecule is CCOc1cc(C=NNC(=O)C(=O)Nc2cc(C)cc(C)c2)ccc1OCc1c(F)cccc1Cl. The summed E-state index contributed by atoms with van der Waals surface area (Å²) in [6.07, 6.45) is 1.36. The van der Waals surface area contributed by atoms with E-state index in [1.807, 2.05) is 26.8 Å². The van der Waals surface area contributed by atoms with Gasteiger partial charge in [0.15, 0.2) is 11.5 Å². The lowest BCUT2D eigenvalue weighted by molar-refractivity contribution is -0.136. The van der Waals surface area contributed by atoms with Gasteiger partial charge in [0.25, 0.3) is 0 Å². The molecule has 9 heteroatoms. The van der Waals surface area contributed by atoms with Gasteiger partial charge >= 0.3 is 11.8 Å².